The van der Waals surface area contributed by atoms with Gasteiger partial charge >= 0.3 is 0 Å². The SMILES string of the molecule is OC(CN1CCN(c2ccccc2)CC1)Cn1nc(-c2ccccc2)c2c1CCNC2. The third-order valence-electron chi connectivity index (χ3n) is 6.40. The number of benzene rings is 2. The van der Waals surface area contributed by atoms with Crippen molar-refractivity contribution in [2.75, 3.05) is 44.2 Å². The zero-order chi connectivity index (χ0) is 21.0. The molecule has 3 heterocycles. The fraction of sp³-hybridized carbons (Fsp3) is 0.400. The number of aromatic nitrogens is 2. The third-order valence-corrected chi connectivity index (χ3v) is 6.40. The number of anilines is 1. The molecule has 0 amide bonds. The highest BCUT2D eigenvalue weighted by atomic mass is 16.3. The molecule has 0 saturated carbocycles. The largest absolute Gasteiger partial charge is 0.390 e. The van der Waals surface area contributed by atoms with Crippen LogP contribution >= 0.6 is 0 Å². The molecule has 6 nitrogen and oxygen atoms in total. The molecule has 2 aliphatic rings. The number of aliphatic hydroxyl groups excluding tert-OH is 1. The van der Waals surface area contributed by atoms with Crippen molar-refractivity contribution in [2.24, 2.45) is 0 Å². The minimum Gasteiger partial charge on any atom is -0.390 e. The molecule has 1 unspecified atom stereocenters. The second kappa shape index (κ2) is 9.22. The van der Waals surface area contributed by atoms with Crippen molar-refractivity contribution < 1.29 is 5.11 Å². The van der Waals surface area contributed by atoms with Crippen molar-refractivity contribution in [3.05, 3.63) is 71.9 Å². The molecular formula is C25H31N5O. The maximum Gasteiger partial charge on any atom is 0.0971 e. The van der Waals surface area contributed by atoms with Crippen LogP contribution in [0, 0.1) is 0 Å². The second-order valence-corrected chi connectivity index (χ2v) is 8.53. The van der Waals surface area contributed by atoms with Gasteiger partial charge in [0.25, 0.3) is 0 Å². The number of hydrogen-bond acceptors (Lipinski definition) is 5. The van der Waals surface area contributed by atoms with Crippen molar-refractivity contribution in [1.29, 1.82) is 0 Å². The van der Waals surface area contributed by atoms with Gasteiger partial charge in [0.15, 0.2) is 0 Å². The Morgan fingerprint density at radius 3 is 2.35 bits per heavy atom. The van der Waals surface area contributed by atoms with Crippen LogP contribution in [0.5, 0.6) is 0 Å². The third kappa shape index (κ3) is 4.51. The normalized spacial score (nSPS) is 18.0. The lowest BCUT2D eigenvalue weighted by Crippen LogP contribution is -2.49. The zero-order valence-corrected chi connectivity index (χ0v) is 18.0. The predicted octanol–water partition coefficient (Wildman–Crippen LogP) is 2.38. The van der Waals surface area contributed by atoms with E-state index < -0.39 is 6.10 Å². The van der Waals surface area contributed by atoms with E-state index in [1.54, 1.807) is 0 Å². The first-order valence-electron chi connectivity index (χ1n) is 11.3. The molecule has 1 aromatic heterocycles. The molecular weight excluding hydrogens is 386 g/mol. The Morgan fingerprint density at radius 1 is 0.903 bits per heavy atom. The number of para-hydroxylation sites is 1. The Bertz CT molecular complexity index is 980. The summed E-state index contributed by atoms with van der Waals surface area (Å²) in [6.07, 6.45) is 0.531. The molecule has 2 aliphatic heterocycles. The van der Waals surface area contributed by atoms with Crippen LogP contribution in [0.2, 0.25) is 0 Å². The number of piperazine rings is 1. The van der Waals surface area contributed by atoms with Crippen LogP contribution in [-0.2, 0) is 19.5 Å². The highest BCUT2D eigenvalue weighted by Gasteiger charge is 2.24. The molecule has 0 aliphatic carbocycles. The Balaban J connectivity index is 1.23. The molecule has 0 bridgehead atoms. The second-order valence-electron chi connectivity index (χ2n) is 8.53. The average Bonchev–Trinajstić information content (AvgIpc) is 3.19. The lowest BCUT2D eigenvalue weighted by atomic mass is 10.0. The standard InChI is InChI=1S/C25H31N5O/c31-22(18-28-13-15-29(16-14-28)21-9-5-2-6-10-21)19-30-24-11-12-26-17-23(24)25(27-30)20-7-3-1-4-8-20/h1-10,22,26,31H,11-19H2. The summed E-state index contributed by atoms with van der Waals surface area (Å²) >= 11 is 0. The van der Waals surface area contributed by atoms with Crippen molar-refractivity contribution in [3.8, 4) is 11.3 Å². The van der Waals surface area contributed by atoms with E-state index in [4.69, 9.17) is 5.10 Å². The number of nitrogens with zero attached hydrogens (tertiary/aromatic N) is 4. The van der Waals surface area contributed by atoms with E-state index in [2.05, 4.69) is 74.4 Å². The van der Waals surface area contributed by atoms with Gasteiger partial charge < -0.3 is 15.3 Å². The van der Waals surface area contributed by atoms with Crippen molar-refractivity contribution in [2.45, 2.75) is 25.6 Å². The van der Waals surface area contributed by atoms with Gasteiger partial charge in [-0.25, -0.2) is 0 Å². The first-order valence-corrected chi connectivity index (χ1v) is 11.3. The molecule has 1 atom stereocenters. The van der Waals surface area contributed by atoms with E-state index in [1.807, 2.05) is 6.07 Å². The summed E-state index contributed by atoms with van der Waals surface area (Å²) in [5.41, 5.74) is 6.03. The highest BCUT2D eigenvalue weighted by molar-refractivity contribution is 5.64. The van der Waals surface area contributed by atoms with Crippen LogP contribution in [0.3, 0.4) is 0 Å². The number of β-amino-alcohol motifs (C(OH)–C–C–N with tert-alkyl or cyclic N) is 1. The van der Waals surface area contributed by atoms with Crippen molar-refractivity contribution in [1.82, 2.24) is 20.0 Å². The van der Waals surface area contributed by atoms with E-state index in [-0.39, 0.29) is 0 Å². The van der Waals surface area contributed by atoms with Crippen LogP contribution in [0.1, 0.15) is 11.3 Å². The Morgan fingerprint density at radius 2 is 1.61 bits per heavy atom. The van der Waals surface area contributed by atoms with E-state index in [9.17, 15) is 5.11 Å². The highest BCUT2D eigenvalue weighted by Crippen LogP contribution is 2.27. The summed E-state index contributed by atoms with van der Waals surface area (Å²) in [6.45, 7) is 6.99. The molecule has 0 radical (unpaired) electrons. The molecule has 0 spiro atoms. The summed E-state index contributed by atoms with van der Waals surface area (Å²) in [4.78, 5) is 4.80. The van der Waals surface area contributed by atoms with E-state index >= 15 is 0 Å². The number of hydrogen-bond donors (Lipinski definition) is 2. The molecule has 3 aromatic rings. The first-order chi connectivity index (χ1) is 15.3. The fourth-order valence-corrected chi connectivity index (χ4v) is 4.78. The van der Waals surface area contributed by atoms with E-state index in [0.717, 1.165) is 56.9 Å². The average molecular weight is 418 g/mol. The zero-order valence-electron chi connectivity index (χ0n) is 18.0. The van der Waals surface area contributed by atoms with Crippen molar-refractivity contribution in [3.63, 3.8) is 0 Å². The van der Waals surface area contributed by atoms with Gasteiger partial charge in [0.05, 0.1) is 18.3 Å². The summed E-state index contributed by atoms with van der Waals surface area (Å²) in [7, 11) is 0. The van der Waals surface area contributed by atoms with Crippen LogP contribution in [-0.4, -0.2) is 65.2 Å². The van der Waals surface area contributed by atoms with Gasteiger partial charge in [-0.05, 0) is 12.1 Å². The predicted molar refractivity (Wildman–Crippen MR) is 124 cm³/mol. The van der Waals surface area contributed by atoms with E-state index in [0.29, 0.717) is 13.1 Å². The minimum absolute atomic E-state index is 0.425. The molecule has 1 saturated heterocycles. The maximum absolute atomic E-state index is 10.9. The van der Waals surface area contributed by atoms with Gasteiger partial charge in [-0.15, -0.1) is 0 Å². The first kappa shape index (κ1) is 20.2. The monoisotopic (exact) mass is 417 g/mol. The smallest absolute Gasteiger partial charge is 0.0971 e. The minimum atomic E-state index is -0.425. The maximum atomic E-state index is 10.9. The molecule has 31 heavy (non-hydrogen) atoms. The van der Waals surface area contributed by atoms with Crippen LogP contribution < -0.4 is 10.2 Å². The number of rotatable bonds is 6. The van der Waals surface area contributed by atoms with Crippen LogP contribution in [0.15, 0.2) is 60.7 Å². The van der Waals surface area contributed by atoms with Gasteiger partial charge in [-0.1, -0.05) is 48.5 Å². The Labute approximate surface area is 184 Å². The number of fused-ring (bicyclic) bond motifs is 1. The quantitative estimate of drug-likeness (QED) is 0.645. The summed E-state index contributed by atoms with van der Waals surface area (Å²) in [5, 5.41) is 19.3. The topological polar surface area (TPSA) is 56.6 Å². The van der Waals surface area contributed by atoms with Gasteiger partial charge in [0, 0.05) is 74.7 Å². The number of nitrogens with one attached hydrogen (secondary N) is 1. The Kier molecular flexibility index (Phi) is 6.02. The van der Waals surface area contributed by atoms with Gasteiger partial charge in [-0.2, -0.15) is 5.10 Å². The van der Waals surface area contributed by atoms with Gasteiger partial charge in [0.2, 0.25) is 0 Å². The summed E-state index contributed by atoms with van der Waals surface area (Å²) in [5.74, 6) is 0. The lowest BCUT2D eigenvalue weighted by Gasteiger charge is -2.37. The molecule has 1 fully saturated rings. The molecule has 6 heteroatoms. The van der Waals surface area contributed by atoms with Crippen LogP contribution in [0.25, 0.3) is 11.3 Å². The molecule has 2 aromatic carbocycles. The van der Waals surface area contributed by atoms with Gasteiger partial charge in [-0.3, -0.25) is 9.58 Å². The molecule has 162 valence electrons. The molecule has 5 rings (SSSR count). The Hall–Kier alpha value is -2.67. The summed E-state index contributed by atoms with van der Waals surface area (Å²) in [6, 6.07) is 21.0. The van der Waals surface area contributed by atoms with E-state index in [1.165, 1.54) is 16.9 Å². The van der Waals surface area contributed by atoms with Crippen molar-refractivity contribution >= 4 is 5.69 Å². The van der Waals surface area contributed by atoms with Crippen LogP contribution in [0.4, 0.5) is 5.69 Å². The lowest BCUT2D eigenvalue weighted by molar-refractivity contribution is 0.0912. The number of aliphatic hydroxyl groups is 1. The fourth-order valence-electron chi connectivity index (χ4n) is 4.78. The molecule has 2 N–H and O–H groups in total. The summed E-state index contributed by atoms with van der Waals surface area (Å²) < 4.78 is 2.06. The van der Waals surface area contributed by atoms with Gasteiger partial charge in [0.1, 0.15) is 0 Å².